The monoisotopic (exact) mass is 246 g/mol. The Morgan fingerprint density at radius 2 is 1.89 bits per heavy atom. The van der Waals surface area contributed by atoms with E-state index in [1.54, 1.807) is 7.11 Å². The molecule has 2 heteroatoms. The van der Waals surface area contributed by atoms with E-state index in [0.29, 0.717) is 5.78 Å². The molecule has 98 valence electrons. The molecule has 1 aliphatic carbocycles. The summed E-state index contributed by atoms with van der Waals surface area (Å²) in [6.45, 7) is 4.27. The second kappa shape index (κ2) is 5.55. The number of aryl methyl sites for hydroxylation is 1. The fourth-order valence-corrected chi connectivity index (χ4v) is 2.73. The molecule has 0 saturated heterocycles. The van der Waals surface area contributed by atoms with Crippen molar-refractivity contribution in [2.75, 3.05) is 7.11 Å². The molecule has 0 N–H and O–H groups in total. The Hall–Kier alpha value is -1.31. The minimum Gasteiger partial charge on any atom is -0.496 e. The molecule has 1 aromatic rings. The summed E-state index contributed by atoms with van der Waals surface area (Å²) in [6, 6.07) is 5.78. The molecule has 2 rings (SSSR count). The number of carbonyl (C=O) groups excluding carboxylic acids is 1. The minimum absolute atomic E-state index is 0.216. The molecule has 0 atom stereocenters. The lowest BCUT2D eigenvalue weighted by Crippen LogP contribution is -2.21. The molecule has 0 radical (unpaired) electrons. The first-order chi connectivity index (χ1) is 8.61. The number of hydrogen-bond acceptors (Lipinski definition) is 2. The summed E-state index contributed by atoms with van der Waals surface area (Å²) in [5.41, 5.74) is 1.88. The van der Waals surface area contributed by atoms with Crippen LogP contribution >= 0.6 is 0 Å². The Labute approximate surface area is 109 Å². The summed E-state index contributed by atoms with van der Waals surface area (Å²) in [7, 11) is 1.65. The zero-order chi connectivity index (χ0) is 13.1. The fourth-order valence-electron chi connectivity index (χ4n) is 2.73. The van der Waals surface area contributed by atoms with E-state index >= 15 is 0 Å². The molecule has 0 amide bonds. The summed E-state index contributed by atoms with van der Waals surface area (Å²) < 4.78 is 5.29. The summed E-state index contributed by atoms with van der Waals surface area (Å²) >= 11 is 0. The first-order valence-corrected chi connectivity index (χ1v) is 6.80. The SMILES string of the molecule is COc1cc(C(=O)C2CCC(C)CC2)ccc1C. The Balaban J connectivity index is 2.13. The lowest BCUT2D eigenvalue weighted by Gasteiger charge is -2.25. The molecule has 1 aromatic carbocycles. The molecular formula is C16H22O2. The molecule has 2 nitrogen and oxygen atoms in total. The smallest absolute Gasteiger partial charge is 0.166 e. The Morgan fingerprint density at radius 1 is 1.22 bits per heavy atom. The number of benzene rings is 1. The van der Waals surface area contributed by atoms with Gasteiger partial charge in [-0.3, -0.25) is 4.79 Å². The fraction of sp³-hybridized carbons (Fsp3) is 0.562. The van der Waals surface area contributed by atoms with Crippen LogP contribution in [0.4, 0.5) is 0 Å². The van der Waals surface area contributed by atoms with Gasteiger partial charge in [0.05, 0.1) is 7.11 Å². The van der Waals surface area contributed by atoms with E-state index in [2.05, 4.69) is 6.92 Å². The standard InChI is InChI=1S/C16H22O2/c1-11-4-7-13(8-5-11)16(17)14-9-6-12(2)15(10-14)18-3/h6,9-11,13H,4-5,7-8H2,1-3H3. The third kappa shape index (κ3) is 2.74. The van der Waals surface area contributed by atoms with Gasteiger partial charge in [-0.2, -0.15) is 0 Å². The van der Waals surface area contributed by atoms with Gasteiger partial charge in [-0.1, -0.05) is 31.9 Å². The minimum atomic E-state index is 0.216. The van der Waals surface area contributed by atoms with Gasteiger partial charge in [0.15, 0.2) is 5.78 Å². The molecule has 0 aliphatic heterocycles. The van der Waals surface area contributed by atoms with Gasteiger partial charge < -0.3 is 4.74 Å². The van der Waals surface area contributed by atoms with Crippen LogP contribution in [-0.2, 0) is 0 Å². The number of Topliss-reactive ketones (excluding diaryl/α,β-unsaturated/α-hetero) is 1. The number of ether oxygens (including phenoxy) is 1. The molecule has 1 fully saturated rings. The van der Waals surface area contributed by atoms with Crippen LogP contribution in [0.5, 0.6) is 5.75 Å². The number of carbonyl (C=O) groups is 1. The van der Waals surface area contributed by atoms with E-state index in [9.17, 15) is 4.79 Å². The predicted octanol–water partition coefficient (Wildman–Crippen LogP) is 4.01. The summed E-state index contributed by atoms with van der Waals surface area (Å²) in [5.74, 6) is 2.10. The average Bonchev–Trinajstić information content (AvgIpc) is 2.39. The molecule has 0 heterocycles. The van der Waals surface area contributed by atoms with E-state index in [-0.39, 0.29) is 5.92 Å². The third-order valence-corrected chi connectivity index (χ3v) is 4.08. The van der Waals surface area contributed by atoms with Gasteiger partial charge in [0.2, 0.25) is 0 Å². The van der Waals surface area contributed by atoms with Gasteiger partial charge in [-0.05, 0) is 37.3 Å². The summed E-state index contributed by atoms with van der Waals surface area (Å²) in [5, 5.41) is 0. The highest BCUT2D eigenvalue weighted by molar-refractivity contribution is 5.98. The second-order valence-corrected chi connectivity index (χ2v) is 5.51. The Morgan fingerprint density at radius 3 is 2.50 bits per heavy atom. The molecule has 0 bridgehead atoms. The molecular weight excluding hydrogens is 224 g/mol. The van der Waals surface area contributed by atoms with Crippen molar-refractivity contribution in [2.24, 2.45) is 11.8 Å². The molecule has 0 unspecified atom stereocenters. The number of methoxy groups -OCH3 is 1. The topological polar surface area (TPSA) is 26.3 Å². The van der Waals surface area contributed by atoms with Gasteiger partial charge in [-0.25, -0.2) is 0 Å². The van der Waals surface area contributed by atoms with Crippen molar-refractivity contribution in [3.63, 3.8) is 0 Å². The van der Waals surface area contributed by atoms with Crippen molar-refractivity contribution in [3.05, 3.63) is 29.3 Å². The summed E-state index contributed by atoms with van der Waals surface area (Å²) in [6.07, 6.45) is 4.44. The van der Waals surface area contributed by atoms with Gasteiger partial charge in [0, 0.05) is 11.5 Å². The van der Waals surface area contributed by atoms with E-state index < -0.39 is 0 Å². The van der Waals surface area contributed by atoms with Gasteiger partial charge >= 0.3 is 0 Å². The van der Waals surface area contributed by atoms with Crippen molar-refractivity contribution in [1.29, 1.82) is 0 Å². The van der Waals surface area contributed by atoms with E-state index in [1.165, 1.54) is 12.8 Å². The van der Waals surface area contributed by atoms with Crippen LogP contribution in [0.3, 0.4) is 0 Å². The van der Waals surface area contributed by atoms with Gasteiger partial charge in [0.25, 0.3) is 0 Å². The van der Waals surface area contributed by atoms with Crippen LogP contribution in [0.1, 0.15) is 48.5 Å². The molecule has 0 aromatic heterocycles. The maximum atomic E-state index is 12.4. The van der Waals surface area contributed by atoms with E-state index in [4.69, 9.17) is 4.74 Å². The lowest BCUT2D eigenvalue weighted by atomic mass is 9.79. The third-order valence-electron chi connectivity index (χ3n) is 4.08. The Bertz CT molecular complexity index is 429. The van der Waals surface area contributed by atoms with Crippen LogP contribution in [0, 0.1) is 18.8 Å². The molecule has 1 saturated carbocycles. The second-order valence-electron chi connectivity index (χ2n) is 5.51. The van der Waals surface area contributed by atoms with Gasteiger partial charge in [-0.15, -0.1) is 0 Å². The zero-order valence-electron chi connectivity index (χ0n) is 11.5. The predicted molar refractivity (Wildman–Crippen MR) is 73.2 cm³/mol. The quantitative estimate of drug-likeness (QED) is 0.753. The largest absolute Gasteiger partial charge is 0.496 e. The van der Waals surface area contributed by atoms with Crippen molar-refractivity contribution < 1.29 is 9.53 Å². The van der Waals surface area contributed by atoms with Crippen molar-refractivity contribution >= 4 is 5.78 Å². The number of rotatable bonds is 3. The van der Waals surface area contributed by atoms with Crippen molar-refractivity contribution in [1.82, 2.24) is 0 Å². The van der Waals surface area contributed by atoms with Crippen molar-refractivity contribution in [2.45, 2.75) is 39.5 Å². The lowest BCUT2D eigenvalue weighted by molar-refractivity contribution is 0.0875. The molecule has 0 spiro atoms. The highest BCUT2D eigenvalue weighted by Crippen LogP contribution is 2.31. The van der Waals surface area contributed by atoms with Crippen LogP contribution in [0.2, 0.25) is 0 Å². The number of ketones is 1. The normalized spacial score (nSPS) is 23.7. The van der Waals surface area contributed by atoms with Crippen LogP contribution < -0.4 is 4.74 Å². The van der Waals surface area contributed by atoms with E-state index in [1.807, 2.05) is 25.1 Å². The highest BCUT2D eigenvalue weighted by Gasteiger charge is 2.25. The Kier molecular flexibility index (Phi) is 4.05. The van der Waals surface area contributed by atoms with E-state index in [0.717, 1.165) is 35.6 Å². The maximum absolute atomic E-state index is 12.4. The maximum Gasteiger partial charge on any atom is 0.166 e. The zero-order valence-corrected chi connectivity index (χ0v) is 11.5. The average molecular weight is 246 g/mol. The number of hydrogen-bond donors (Lipinski definition) is 0. The molecule has 18 heavy (non-hydrogen) atoms. The highest BCUT2D eigenvalue weighted by atomic mass is 16.5. The first kappa shape index (κ1) is 13.1. The van der Waals surface area contributed by atoms with Crippen molar-refractivity contribution in [3.8, 4) is 5.75 Å². The summed E-state index contributed by atoms with van der Waals surface area (Å²) in [4.78, 5) is 12.4. The first-order valence-electron chi connectivity index (χ1n) is 6.80. The van der Waals surface area contributed by atoms with Gasteiger partial charge in [0.1, 0.15) is 5.75 Å². The van der Waals surface area contributed by atoms with Crippen LogP contribution in [0.25, 0.3) is 0 Å². The van der Waals surface area contributed by atoms with Crippen LogP contribution in [-0.4, -0.2) is 12.9 Å². The molecule has 1 aliphatic rings. The van der Waals surface area contributed by atoms with Crippen LogP contribution in [0.15, 0.2) is 18.2 Å².